The van der Waals surface area contributed by atoms with Gasteiger partial charge in [0, 0.05) is 6.08 Å². The molecule has 1 aromatic heterocycles. The van der Waals surface area contributed by atoms with Gasteiger partial charge in [-0.05, 0) is 39.8 Å². The molecule has 0 radical (unpaired) electrons. The maximum absolute atomic E-state index is 11.9. The predicted molar refractivity (Wildman–Crippen MR) is 71.1 cm³/mol. The first-order chi connectivity index (χ1) is 9.01. The molecule has 2 heterocycles. The minimum Gasteiger partial charge on any atom is -0.468 e. The Labute approximate surface area is 120 Å². The van der Waals surface area contributed by atoms with Crippen molar-refractivity contribution in [1.29, 1.82) is 0 Å². The second-order valence-corrected chi connectivity index (χ2v) is 5.26. The lowest BCUT2D eigenvalue weighted by molar-refractivity contribution is -0.143. The van der Waals surface area contributed by atoms with Crippen LogP contribution in [0.1, 0.15) is 5.76 Å². The van der Waals surface area contributed by atoms with Crippen LogP contribution in [-0.4, -0.2) is 35.7 Å². The van der Waals surface area contributed by atoms with Crippen LogP contribution in [0.3, 0.4) is 0 Å². The number of furan rings is 1. The van der Waals surface area contributed by atoms with Crippen molar-refractivity contribution in [3.8, 4) is 0 Å². The number of hydrogen-bond donors (Lipinski definition) is 0. The molecule has 0 atom stereocenters. The monoisotopic (exact) mass is 345 g/mol. The van der Waals surface area contributed by atoms with Gasteiger partial charge in [-0.1, -0.05) is 0 Å². The van der Waals surface area contributed by atoms with Crippen LogP contribution in [0.25, 0.3) is 6.08 Å². The van der Waals surface area contributed by atoms with Gasteiger partial charge in [0.05, 0.1) is 12.0 Å². The molecule has 0 aliphatic carbocycles. The molecule has 0 saturated carbocycles. The largest absolute Gasteiger partial charge is 0.468 e. The van der Waals surface area contributed by atoms with E-state index in [0.29, 0.717) is 10.4 Å². The molecule has 6 nitrogen and oxygen atoms in total. The number of carbonyl (C=O) groups is 3. The van der Waals surface area contributed by atoms with Crippen molar-refractivity contribution in [3.63, 3.8) is 0 Å². The third-order valence-electron chi connectivity index (χ3n) is 2.26. The van der Waals surface area contributed by atoms with Gasteiger partial charge < -0.3 is 9.15 Å². The minimum atomic E-state index is -0.649. The fourth-order valence-corrected chi connectivity index (χ4v) is 2.50. The van der Waals surface area contributed by atoms with Crippen molar-refractivity contribution < 1.29 is 23.5 Å². The molecule has 2 amide bonds. The van der Waals surface area contributed by atoms with Crippen molar-refractivity contribution >= 4 is 50.9 Å². The van der Waals surface area contributed by atoms with Crippen molar-refractivity contribution in [1.82, 2.24) is 4.90 Å². The van der Waals surface area contributed by atoms with Crippen LogP contribution >= 0.6 is 27.7 Å². The third kappa shape index (κ3) is 3.07. The quantitative estimate of drug-likeness (QED) is 0.617. The fourth-order valence-electron chi connectivity index (χ4n) is 1.37. The standard InChI is InChI=1S/C11H8BrNO5S/c1-17-9(14)5-13-10(15)7(19-11(13)16)4-6-2-3-8(12)18-6/h2-4H,5H2,1H3/b7-4+. The molecule has 100 valence electrons. The average Bonchev–Trinajstić information content (AvgIpc) is 2.88. The summed E-state index contributed by atoms with van der Waals surface area (Å²) >= 11 is 3.89. The average molecular weight is 346 g/mol. The summed E-state index contributed by atoms with van der Waals surface area (Å²) < 4.78 is 10.2. The highest BCUT2D eigenvalue weighted by molar-refractivity contribution is 9.10. The smallest absolute Gasteiger partial charge is 0.325 e. The summed E-state index contributed by atoms with van der Waals surface area (Å²) in [5, 5.41) is -0.507. The molecule has 1 aliphatic rings. The summed E-state index contributed by atoms with van der Waals surface area (Å²) in [5.41, 5.74) is 0. The van der Waals surface area contributed by atoms with E-state index in [1.165, 1.54) is 13.2 Å². The van der Waals surface area contributed by atoms with Crippen molar-refractivity contribution in [2.75, 3.05) is 13.7 Å². The lowest BCUT2D eigenvalue weighted by Crippen LogP contribution is -2.34. The van der Waals surface area contributed by atoms with E-state index in [2.05, 4.69) is 20.7 Å². The van der Waals surface area contributed by atoms with E-state index in [-0.39, 0.29) is 11.4 Å². The van der Waals surface area contributed by atoms with Gasteiger partial charge in [0.2, 0.25) is 0 Å². The van der Waals surface area contributed by atoms with Gasteiger partial charge in [0.15, 0.2) is 4.67 Å². The van der Waals surface area contributed by atoms with Crippen molar-refractivity contribution in [2.45, 2.75) is 0 Å². The summed E-state index contributed by atoms with van der Waals surface area (Å²) in [6.45, 7) is -0.389. The molecule has 0 unspecified atom stereocenters. The Balaban J connectivity index is 2.18. The summed E-state index contributed by atoms with van der Waals surface area (Å²) in [6.07, 6.45) is 1.45. The van der Waals surface area contributed by atoms with Crippen LogP contribution in [0.4, 0.5) is 4.79 Å². The summed E-state index contributed by atoms with van der Waals surface area (Å²) in [6, 6.07) is 3.32. The number of imide groups is 1. The first-order valence-electron chi connectivity index (χ1n) is 5.09. The van der Waals surface area contributed by atoms with Crippen LogP contribution < -0.4 is 0 Å². The Morgan fingerprint density at radius 2 is 2.26 bits per heavy atom. The first-order valence-corrected chi connectivity index (χ1v) is 6.69. The van der Waals surface area contributed by atoms with Crippen molar-refractivity contribution in [3.05, 3.63) is 27.5 Å². The van der Waals surface area contributed by atoms with E-state index in [9.17, 15) is 14.4 Å². The van der Waals surface area contributed by atoms with Gasteiger partial charge in [0.1, 0.15) is 12.3 Å². The third-order valence-corrected chi connectivity index (χ3v) is 3.59. The topological polar surface area (TPSA) is 76.8 Å². The van der Waals surface area contributed by atoms with E-state index >= 15 is 0 Å². The van der Waals surface area contributed by atoms with Gasteiger partial charge in [-0.15, -0.1) is 0 Å². The second kappa shape index (κ2) is 5.62. The van der Waals surface area contributed by atoms with Gasteiger partial charge >= 0.3 is 5.97 Å². The zero-order chi connectivity index (χ0) is 14.0. The fraction of sp³-hybridized carbons (Fsp3) is 0.182. The number of nitrogens with zero attached hydrogens (tertiary/aromatic N) is 1. The number of halogens is 1. The van der Waals surface area contributed by atoms with E-state index in [4.69, 9.17) is 4.42 Å². The molecule has 2 rings (SSSR count). The molecule has 0 spiro atoms. The molecule has 0 N–H and O–H groups in total. The Bertz CT molecular complexity index is 579. The number of carbonyl (C=O) groups excluding carboxylic acids is 3. The van der Waals surface area contributed by atoms with Gasteiger partial charge in [-0.3, -0.25) is 19.3 Å². The van der Waals surface area contributed by atoms with E-state index in [1.807, 2.05) is 0 Å². The molecule has 1 fully saturated rings. The maximum atomic E-state index is 11.9. The molecular weight excluding hydrogens is 338 g/mol. The molecule has 1 aliphatic heterocycles. The molecule has 19 heavy (non-hydrogen) atoms. The molecular formula is C11H8BrNO5S. The minimum absolute atomic E-state index is 0.204. The van der Waals surface area contributed by atoms with Crippen LogP contribution in [0.15, 0.2) is 26.1 Å². The Morgan fingerprint density at radius 3 is 2.84 bits per heavy atom. The maximum Gasteiger partial charge on any atom is 0.325 e. The molecule has 1 saturated heterocycles. The van der Waals surface area contributed by atoms with Gasteiger partial charge in [-0.25, -0.2) is 0 Å². The SMILES string of the molecule is COC(=O)CN1C(=O)S/C(=C/c2ccc(Br)o2)C1=O. The van der Waals surface area contributed by atoms with Crippen LogP contribution in [0, 0.1) is 0 Å². The number of amides is 2. The number of esters is 1. The second-order valence-electron chi connectivity index (χ2n) is 3.49. The number of ether oxygens (including phenoxy) is 1. The van der Waals surface area contributed by atoms with Crippen LogP contribution in [-0.2, 0) is 14.3 Å². The number of rotatable bonds is 3. The highest BCUT2D eigenvalue weighted by atomic mass is 79.9. The summed E-state index contributed by atoms with van der Waals surface area (Å²) in [7, 11) is 1.19. The zero-order valence-corrected chi connectivity index (χ0v) is 12.1. The van der Waals surface area contributed by atoms with Gasteiger partial charge in [-0.2, -0.15) is 0 Å². The van der Waals surface area contributed by atoms with E-state index in [1.54, 1.807) is 12.1 Å². The number of methoxy groups -OCH3 is 1. The Morgan fingerprint density at radius 1 is 1.53 bits per heavy atom. The zero-order valence-electron chi connectivity index (χ0n) is 9.71. The summed E-state index contributed by atoms with van der Waals surface area (Å²) in [5.74, 6) is -0.743. The lowest BCUT2D eigenvalue weighted by Gasteiger charge is -2.09. The lowest BCUT2D eigenvalue weighted by atomic mass is 10.3. The number of thioether (sulfide) groups is 1. The first kappa shape index (κ1) is 13.9. The molecule has 0 aromatic carbocycles. The van der Waals surface area contributed by atoms with E-state index in [0.717, 1.165) is 16.7 Å². The molecule has 8 heteroatoms. The Kier molecular flexibility index (Phi) is 4.11. The van der Waals surface area contributed by atoms with Gasteiger partial charge in [0.25, 0.3) is 11.1 Å². The number of hydrogen-bond acceptors (Lipinski definition) is 6. The highest BCUT2D eigenvalue weighted by Crippen LogP contribution is 2.32. The van der Waals surface area contributed by atoms with Crippen LogP contribution in [0.2, 0.25) is 0 Å². The molecule has 1 aromatic rings. The molecule has 0 bridgehead atoms. The van der Waals surface area contributed by atoms with Crippen LogP contribution in [0.5, 0.6) is 0 Å². The normalized spacial score (nSPS) is 17.4. The van der Waals surface area contributed by atoms with E-state index < -0.39 is 17.1 Å². The predicted octanol–water partition coefficient (Wildman–Crippen LogP) is 2.25. The highest BCUT2D eigenvalue weighted by Gasteiger charge is 2.36. The van der Waals surface area contributed by atoms with Crippen molar-refractivity contribution in [2.24, 2.45) is 0 Å². The Hall–Kier alpha value is -1.54. The summed E-state index contributed by atoms with van der Waals surface area (Å²) in [4.78, 5) is 35.7.